The lowest BCUT2D eigenvalue weighted by Gasteiger charge is -2.23. The van der Waals surface area contributed by atoms with Crippen molar-refractivity contribution in [1.29, 1.82) is 0 Å². The number of anilines is 3. The van der Waals surface area contributed by atoms with Gasteiger partial charge in [-0.1, -0.05) is 18.6 Å². The number of rotatable bonds is 6. The van der Waals surface area contributed by atoms with E-state index in [1.807, 2.05) is 43.3 Å². The Balaban J connectivity index is 1.64. The molecule has 0 saturated heterocycles. The van der Waals surface area contributed by atoms with Crippen LogP contribution < -0.4 is 15.4 Å². The van der Waals surface area contributed by atoms with Gasteiger partial charge in [-0.15, -0.1) is 0 Å². The highest BCUT2D eigenvalue weighted by atomic mass is 16.5. The smallest absolute Gasteiger partial charge is 0.228 e. The molecule has 5 heteroatoms. The van der Waals surface area contributed by atoms with Gasteiger partial charge < -0.3 is 15.4 Å². The number of benzene rings is 1. The number of amides is 1. The van der Waals surface area contributed by atoms with E-state index in [0.717, 1.165) is 36.4 Å². The molecule has 1 aromatic carbocycles. The molecule has 1 heterocycles. The van der Waals surface area contributed by atoms with Crippen LogP contribution in [0.5, 0.6) is 5.75 Å². The molecule has 3 rings (SSSR count). The summed E-state index contributed by atoms with van der Waals surface area (Å²) in [5.74, 6) is 1.63. The van der Waals surface area contributed by atoms with Gasteiger partial charge in [0.25, 0.3) is 0 Å². The number of carbonyl (C=O) groups excluding carboxylic acids is 1. The third-order valence-electron chi connectivity index (χ3n) is 3.96. The number of hydrogen-bond donors (Lipinski definition) is 2. The van der Waals surface area contributed by atoms with Crippen LogP contribution >= 0.6 is 0 Å². The van der Waals surface area contributed by atoms with E-state index >= 15 is 0 Å². The van der Waals surface area contributed by atoms with Crippen LogP contribution in [0.3, 0.4) is 0 Å². The first-order valence-corrected chi connectivity index (χ1v) is 8.02. The molecule has 1 amide bonds. The molecule has 0 aliphatic heterocycles. The van der Waals surface area contributed by atoms with Crippen molar-refractivity contribution in [2.75, 3.05) is 17.2 Å². The van der Waals surface area contributed by atoms with Gasteiger partial charge in [0.2, 0.25) is 5.91 Å². The van der Waals surface area contributed by atoms with Crippen LogP contribution in [0.4, 0.5) is 17.2 Å². The molecule has 2 N–H and O–H groups in total. The standard InChI is InChI=1S/C18H21N3O2/c1-2-23-16-9-4-3-8-15(16)20-14-10-11-17(19-12-14)21-18(22)13-6-5-7-13/h3-4,8-13,20H,2,5-7H2,1H3,(H,19,21,22). The molecule has 23 heavy (non-hydrogen) atoms. The number of nitrogens with one attached hydrogen (secondary N) is 2. The summed E-state index contributed by atoms with van der Waals surface area (Å²) in [6.45, 7) is 2.57. The number of aromatic nitrogens is 1. The van der Waals surface area contributed by atoms with E-state index in [9.17, 15) is 4.79 Å². The lowest BCUT2D eigenvalue weighted by atomic mass is 9.85. The van der Waals surface area contributed by atoms with Crippen LogP contribution in [0.1, 0.15) is 26.2 Å². The minimum absolute atomic E-state index is 0.0751. The molecular weight excluding hydrogens is 290 g/mol. The van der Waals surface area contributed by atoms with Crippen molar-refractivity contribution in [3.63, 3.8) is 0 Å². The molecule has 0 spiro atoms. The second kappa shape index (κ2) is 7.13. The quantitative estimate of drug-likeness (QED) is 0.847. The Morgan fingerprint density at radius 2 is 2.09 bits per heavy atom. The zero-order chi connectivity index (χ0) is 16.1. The molecule has 0 bridgehead atoms. The molecule has 1 aliphatic carbocycles. The fourth-order valence-electron chi connectivity index (χ4n) is 2.45. The summed E-state index contributed by atoms with van der Waals surface area (Å²) < 4.78 is 5.59. The maximum Gasteiger partial charge on any atom is 0.228 e. The lowest BCUT2D eigenvalue weighted by molar-refractivity contribution is -0.122. The molecule has 1 saturated carbocycles. The number of nitrogens with zero attached hydrogens (tertiary/aromatic N) is 1. The van der Waals surface area contributed by atoms with Crippen LogP contribution in [0.2, 0.25) is 0 Å². The largest absolute Gasteiger partial charge is 0.492 e. The molecule has 1 aromatic heterocycles. The number of hydrogen-bond acceptors (Lipinski definition) is 4. The first kappa shape index (κ1) is 15.3. The van der Waals surface area contributed by atoms with E-state index in [1.165, 1.54) is 0 Å². The van der Waals surface area contributed by atoms with E-state index < -0.39 is 0 Å². The topological polar surface area (TPSA) is 63.2 Å². The van der Waals surface area contributed by atoms with E-state index in [2.05, 4.69) is 15.6 Å². The van der Waals surface area contributed by atoms with Gasteiger partial charge in [0, 0.05) is 5.92 Å². The second-order valence-corrected chi connectivity index (χ2v) is 5.60. The minimum atomic E-state index is 0.0751. The Kier molecular flexibility index (Phi) is 4.76. The Morgan fingerprint density at radius 1 is 1.26 bits per heavy atom. The molecular formula is C18H21N3O2. The van der Waals surface area contributed by atoms with Crippen molar-refractivity contribution < 1.29 is 9.53 Å². The number of para-hydroxylation sites is 2. The first-order valence-electron chi connectivity index (χ1n) is 8.02. The fraction of sp³-hybridized carbons (Fsp3) is 0.333. The zero-order valence-corrected chi connectivity index (χ0v) is 13.2. The average molecular weight is 311 g/mol. The van der Waals surface area contributed by atoms with Gasteiger partial charge in [-0.05, 0) is 44.0 Å². The predicted octanol–water partition coefficient (Wildman–Crippen LogP) is 3.96. The molecule has 0 atom stereocenters. The van der Waals surface area contributed by atoms with Crippen molar-refractivity contribution in [3.8, 4) is 5.75 Å². The SMILES string of the molecule is CCOc1ccccc1Nc1ccc(NC(=O)C2CCC2)nc1. The number of ether oxygens (including phenoxy) is 1. The van der Waals surface area contributed by atoms with E-state index in [0.29, 0.717) is 12.4 Å². The summed E-state index contributed by atoms with van der Waals surface area (Å²) in [5.41, 5.74) is 1.74. The predicted molar refractivity (Wildman–Crippen MR) is 91.1 cm³/mol. The molecule has 5 nitrogen and oxygen atoms in total. The number of carbonyl (C=O) groups is 1. The third kappa shape index (κ3) is 3.80. The average Bonchev–Trinajstić information content (AvgIpc) is 2.50. The lowest BCUT2D eigenvalue weighted by Crippen LogP contribution is -2.28. The highest BCUT2D eigenvalue weighted by molar-refractivity contribution is 5.92. The second-order valence-electron chi connectivity index (χ2n) is 5.60. The van der Waals surface area contributed by atoms with Gasteiger partial charge >= 0.3 is 0 Å². The van der Waals surface area contributed by atoms with Crippen molar-refractivity contribution in [2.45, 2.75) is 26.2 Å². The third-order valence-corrected chi connectivity index (χ3v) is 3.96. The van der Waals surface area contributed by atoms with E-state index in [1.54, 1.807) is 6.20 Å². The van der Waals surface area contributed by atoms with Gasteiger partial charge in [0.05, 0.1) is 24.2 Å². The summed E-state index contributed by atoms with van der Waals surface area (Å²) >= 11 is 0. The van der Waals surface area contributed by atoms with Gasteiger partial charge in [-0.2, -0.15) is 0 Å². The minimum Gasteiger partial charge on any atom is -0.492 e. The van der Waals surface area contributed by atoms with Crippen molar-refractivity contribution in [2.24, 2.45) is 5.92 Å². The highest BCUT2D eigenvalue weighted by Crippen LogP contribution is 2.29. The summed E-state index contributed by atoms with van der Waals surface area (Å²) in [6, 6.07) is 11.5. The molecule has 1 aliphatic rings. The van der Waals surface area contributed by atoms with Gasteiger partial charge in [-0.25, -0.2) is 4.98 Å². The van der Waals surface area contributed by atoms with E-state index in [4.69, 9.17) is 4.74 Å². The van der Waals surface area contributed by atoms with Crippen LogP contribution in [0, 0.1) is 5.92 Å². The fourth-order valence-corrected chi connectivity index (χ4v) is 2.45. The highest BCUT2D eigenvalue weighted by Gasteiger charge is 2.25. The Hall–Kier alpha value is -2.56. The van der Waals surface area contributed by atoms with Crippen molar-refractivity contribution >= 4 is 23.1 Å². The van der Waals surface area contributed by atoms with Crippen molar-refractivity contribution in [3.05, 3.63) is 42.6 Å². The molecule has 0 unspecified atom stereocenters. The Morgan fingerprint density at radius 3 is 2.74 bits per heavy atom. The van der Waals surface area contributed by atoms with Crippen LogP contribution in [-0.4, -0.2) is 17.5 Å². The van der Waals surface area contributed by atoms with E-state index in [-0.39, 0.29) is 11.8 Å². The summed E-state index contributed by atoms with van der Waals surface area (Å²) in [5, 5.41) is 6.15. The molecule has 1 fully saturated rings. The van der Waals surface area contributed by atoms with Gasteiger partial charge in [0.15, 0.2) is 0 Å². The first-order chi connectivity index (χ1) is 11.3. The summed E-state index contributed by atoms with van der Waals surface area (Å²) in [6.07, 6.45) is 4.83. The Labute approximate surface area is 136 Å². The van der Waals surface area contributed by atoms with Crippen LogP contribution in [0.15, 0.2) is 42.6 Å². The maximum atomic E-state index is 11.9. The normalized spacial score (nSPS) is 14.0. The Bertz CT molecular complexity index is 666. The zero-order valence-electron chi connectivity index (χ0n) is 13.2. The van der Waals surface area contributed by atoms with Gasteiger partial charge in [-0.3, -0.25) is 4.79 Å². The maximum absolute atomic E-state index is 11.9. The molecule has 0 radical (unpaired) electrons. The summed E-state index contributed by atoms with van der Waals surface area (Å²) in [4.78, 5) is 16.2. The van der Waals surface area contributed by atoms with Gasteiger partial charge in [0.1, 0.15) is 11.6 Å². The van der Waals surface area contributed by atoms with Crippen LogP contribution in [0.25, 0.3) is 0 Å². The monoisotopic (exact) mass is 311 g/mol. The number of pyridine rings is 1. The molecule has 2 aromatic rings. The van der Waals surface area contributed by atoms with Crippen LogP contribution in [-0.2, 0) is 4.79 Å². The molecule has 120 valence electrons. The summed E-state index contributed by atoms with van der Waals surface area (Å²) in [7, 11) is 0. The van der Waals surface area contributed by atoms with Crippen molar-refractivity contribution in [1.82, 2.24) is 4.98 Å².